The number of carbonyl (C=O) groups excluding carboxylic acids is 2. The van der Waals surface area contributed by atoms with Gasteiger partial charge in [-0.05, 0) is 54.4 Å². The Balaban J connectivity index is 2.82. The van der Waals surface area contributed by atoms with E-state index in [4.69, 9.17) is 15.2 Å². The van der Waals surface area contributed by atoms with Crippen LogP contribution in [0.5, 0.6) is 0 Å². The highest BCUT2D eigenvalue weighted by atomic mass is 16.6. The molecular weight excluding hydrogens is 284 g/mol. The molecule has 0 aromatic rings. The molecule has 6 nitrogen and oxygen atoms in total. The summed E-state index contributed by atoms with van der Waals surface area (Å²) in [5.41, 5.74) is 4.84. The third-order valence-electron chi connectivity index (χ3n) is 3.39. The van der Waals surface area contributed by atoms with E-state index in [2.05, 4.69) is 5.32 Å². The summed E-state index contributed by atoms with van der Waals surface area (Å²) in [6.07, 6.45) is 1.96. The molecule has 0 spiro atoms. The molecule has 1 aliphatic rings. The molecule has 1 saturated carbocycles. The van der Waals surface area contributed by atoms with E-state index in [0.29, 0.717) is 0 Å². The molecule has 1 fully saturated rings. The highest BCUT2D eigenvalue weighted by Crippen LogP contribution is 2.28. The van der Waals surface area contributed by atoms with Crippen molar-refractivity contribution in [3.63, 3.8) is 0 Å². The van der Waals surface area contributed by atoms with Gasteiger partial charge in [0.15, 0.2) is 0 Å². The fourth-order valence-corrected chi connectivity index (χ4v) is 2.57. The average molecular weight is 314 g/mol. The quantitative estimate of drug-likeness (QED) is 0.780. The molecule has 0 aliphatic heterocycles. The number of alkyl carbamates (subject to hydrolysis) is 1. The number of nitrogens with two attached hydrogens (primary N) is 1. The Morgan fingerprint density at radius 3 is 2.00 bits per heavy atom. The summed E-state index contributed by atoms with van der Waals surface area (Å²) >= 11 is 0. The van der Waals surface area contributed by atoms with E-state index in [0.717, 1.165) is 19.3 Å². The Hall–Kier alpha value is -1.30. The zero-order chi connectivity index (χ0) is 17.1. The second kappa shape index (κ2) is 6.86. The first-order valence-corrected chi connectivity index (χ1v) is 7.87. The van der Waals surface area contributed by atoms with Crippen LogP contribution in [0.25, 0.3) is 0 Å². The van der Waals surface area contributed by atoms with E-state index < -0.39 is 29.3 Å². The van der Waals surface area contributed by atoms with Gasteiger partial charge in [-0.2, -0.15) is 0 Å². The molecule has 3 atom stereocenters. The minimum Gasteiger partial charge on any atom is -0.458 e. The number of rotatable bonds is 3. The van der Waals surface area contributed by atoms with Gasteiger partial charge in [0, 0.05) is 12.0 Å². The molecule has 128 valence electrons. The Morgan fingerprint density at radius 2 is 1.59 bits per heavy atom. The van der Waals surface area contributed by atoms with Crippen molar-refractivity contribution >= 4 is 12.1 Å². The molecule has 1 amide bonds. The monoisotopic (exact) mass is 314 g/mol. The molecule has 0 saturated heterocycles. The molecule has 0 aromatic heterocycles. The Kier molecular flexibility index (Phi) is 5.84. The van der Waals surface area contributed by atoms with Crippen molar-refractivity contribution < 1.29 is 19.1 Å². The van der Waals surface area contributed by atoms with Crippen LogP contribution in [-0.2, 0) is 14.3 Å². The molecule has 1 aliphatic carbocycles. The molecule has 1 rings (SSSR count). The molecule has 6 heteroatoms. The molecule has 3 N–H and O–H groups in total. The van der Waals surface area contributed by atoms with Crippen LogP contribution in [0.4, 0.5) is 4.79 Å². The van der Waals surface area contributed by atoms with Crippen molar-refractivity contribution in [3.8, 4) is 0 Å². The maximum atomic E-state index is 12.4. The lowest BCUT2D eigenvalue weighted by molar-refractivity contribution is -0.159. The number of esters is 1. The van der Waals surface area contributed by atoms with Crippen molar-refractivity contribution in [2.24, 2.45) is 11.7 Å². The third kappa shape index (κ3) is 6.22. The third-order valence-corrected chi connectivity index (χ3v) is 3.39. The molecule has 0 radical (unpaired) electrons. The highest BCUT2D eigenvalue weighted by Gasteiger charge is 2.39. The zero-order valence-electron chi connectivity index (χ0n) is 14.6. The van der Waals surface area contributed by atoms with E-state index in [1.807, 2.05) is 0 Å². The second-order valence-corrected chi connectivity index (χ2v) is 7.92. The lowest BCUT2D eigenvalue weighted by Crippen LogP contribution is -2.52. The number of nitrogens with one attached hydrogen (secondary N) is 1. The Bertz CT molecular complexity index is 409. The summed E-state index contributed by atoms with van der Waals surface area (Å²) in [7, 11) is 0. The highest BCUT2D eigenvalue weighted by molar-refractivity contribution is 5.82. The molecular formula is C16H30N2O4. The standard InChI is InChI=1S/C16H30N2O4/c1-15(2,3)21-13(19)12(10-8-7-9-11(10)17)18-14(20)22-16(4,5)6/h10-12H,7-9,17H2,1-6H3,(H,18,20)/t10-,11+,12+/m0/s1. The predicted octanol–water partition coefficient (Wildman–Crippen LogP) is 2.35. The first-order chi connectivity index (χ1) is 9.89. The summed E-state index contributed by atoms with van der Waals surface area (Å²) in [5.74, 6) is -0.580. The van der Waals surface area contributed by atoms with Gasteiger partial charge in [0.2, 0.25) is 0 Å². The van der Waals surface area contributed by atoms with E-state index in [1.165, 1.54) is 0 Å². The summed E-state index contributed by atoms with van der Waals surface area (Å²) < 4.78 is 10.7. The van der Waals surface area contributed by atoms with Gasteiger partial charge in [-0.3, -0.25) is 0 Å². The first kappa shape index (κ1) is 18.7. The fraction of sp³-hybridized carbons (Fsp3) is 0.875. The van der Waals surface area contributed by atoms with Crippen LogP contribution < -0.4 is 11.1 Å². The molecule has 22 heavy (non-hydrogen) atoms. The molecule has 0 heterocycles. The maximum Gasteiger partial charge on any atom is 0.408 e. The van der Waals surface area contributed by atoms with Crippen molar-refractivity contribution in [2.45, 2.75) is 84.1 Å². The maximum absolute atomic E-state index is 12.4. The minimum absolute atomic E-state index is 0.118. The van der Waals surface area contributed by atoms with Gasteiger partial charge in [-0.15, -0.1) is 0 Å². The van der Waals surface area contributed by atoms with Gasteiger partial charge in [0.05, 0.1) is 0 Å². The van der Waals surface area contributed by atoms with Crippen LogP contribution in [0.2, 0.25) is 0 Å². The van der Waals surface area contributed by atoms with Gasteiger partial charge >= 0.3 is 12.1 Å². The van der Waals surface area contributed by atoms with Gasteiger partial charge in [0.25, 0.3) is 0 Å². The summed E-state index contributed by atoms with van der Waals surface area (Å²) in [5, 5.41) is 2.65. The largest absolute Gasteiger partial charge is 0.458 e. The minimum atomic E-state index is -0.772. The smallest absolute Gasteiger partial charge is 0.408 e. The van der Waals surface area contributed by atoms with Crippen molar-refractivity contribution in [1.29, 1.82) is 0 Å². The van der Waals surface area contributed by atoms with Crippen molar-refractivity contribution in [3.05, 3.63) is 0 Å². The van der Waals surface area contributed by atoms with Crippen molar-refractivity contribution in [2.75, 3.05) is 0 Å². The number of carbonyl (C=O) groups is 2. The number of ether oxygens (including phenoxy) is 2. The summed E-state index contributed by atoms with van der Waals surface area (Å²) in [4.78, 5) is 24.5. The van der Waals surface area contributed by atoms with Gasteiger partial charge in [-0.1, -0.05) is 6.42 Å². The molecule has 0 aromatic carbocycles. The van der Waals surface area contributed by atoms with Crippen LogP contribution in [0.1, 0.15) is 60.8 Å². The Labute approximate surface area is 133 Å². The van der Waals surface area contributed by atoms with Crippen LogP contribution >= 0.6 is 0 Å². The van der Waals surface area contributed by atoms with E-state index in [-0.39, 0.29) is 12.0 Å². The number of hydrogen-bond acceptors (Lipinski definition) is 5. The van der Waals surface area contributed by atoms with Crippen molar-refractivity contribution in [1.82, 2.24) is 5.32 Å². The predicted molar refractivity (Wildman–Crippen MR) is 84.3 cm³/mol. The van der Waals surface area contributed by atoms with Crippen LogP contribution in [0, 0.1) is 5.92 Å². The van der Waals surface area contributed by atoms with E-state index in [1.54, 1.807) is 41.5 Å². The normalized spacial score (nSPS) is 23.8. The van der Waals surface area contributed by atoms with Gasteiger partial charge in [0.1, 0.15) is 17.2 Å². The lowest BCUT2D eigenvalue weighted by Gasteiger charge is -2.30. The Morgan fingerprint density at radius 1 is 1.05 bits per heavy atom. The number of amides is 1. The topological polar surface area (TPSA) is 90.6 Å². The summed E-state index contributed by atoms with van der Waals surface area (Å²) in [6, 6.07) is -0.890. The van der Waals surface area contributed by atoms with Gasteiger partial charge in [-0.25, -0.2) is 9.59 Å². The van der Waals surface area contributed by atoms with Crippen LogP contribution in [0.15, 0.2) is 0 Å². The molecule has 0 unspecified atom stereocenters. The number of hydrogen-bond donors (Lipinski definition) is 2. The van der Waals surface area contributed by atoms with Crippen LogP contribution in [0.3, 0.4) is 0 Å². The lowest BCUT2D eigenvalue weighted by atomic mass is 9.94. The van der Waals surface area contributed by atoms with Crippen LogP contribution in [-0.4, -0.2) is 35.3 Å². The second-order valence-electron chi connectivity index (χ2n) is 7.92. The summed E-state index contributed by atoms with van der Waals surface area (Å²) in [6.45, 7) is 10.7. The SMILES string of the molecule is CC(C)(C)OC(=O)N[C@@H](C(=O)OC(C)(C)C)[C@H]1CCC[C@H]1N. The van der Waals surface area contributed by atoms with Gasteiger partial charge < -0.3 is 20.5 Å². The average Bonchev–Trinajstić information content (AvgIpc) is 2.67. The van der Waals surface area contributed by atoms with E-state index in [9.17, 15) is 9.59 Å². The van der Waals surface area contributed by atoms with E-state index >= 15 is 0 Å². The zero-order valence-corrected chi connectivity index (χ0v) is 14.6. The fourth-order valence-electron chi connectivity index (χ4n) is 2.57. The first-order valence-electron chi connectivity index (χ1n) is 7.87. The molecule has 0 bridgehead atoms.